The summed E-state index contributed by atoms with van der Waals surface area (Å²) in [5.41, 5.74) is 10.1. The lowest BCUT2D eigenvalue weighted by Gasteiger charge is -2.19. The molecule has 0 aliphatic carbocycles. The molecule has 0 bridgehead atoms. The highest BCUT2D eigenvalue weighted by atomic mass is 16.1. The molecule has 0 saturated heterocycles. The molecule has 0 aliphatic heterocycles. The fourth-order valence-electron chi connectivity index (χ4n) is 3.52. The Morgan fingerprint density at radius 3 is 2.39 bits per heavy atom. The Morgan fingerprint density at radius 1 is 0.903 bits per heavy atom. The van der Waals surface area contributed by atoms with Crippen LogP contribution in [0.5, 0.6) is 0 Å². The summed E-state index contributed by atoms with van der Waals surface area (Å²) in [5.74, 6) is -0.427. The van der Waals surface area contributed by atoms with Gasteiger partial charge in [0, 0.05) is 48.4 Å². The van der Waals surface area contributed by atoms with E-state index in [1.807, 2.05) is 60.7 Å². The average molecular weight is 409 g/mol. The molecule has 3 N–H and O–H groups in total. The summed E-state index contributed by atoms with van der Waals surface area (Å²) in [7, 11) is 0. The minimum atomic E-state index is -0.627. The van der Waals surface area contributed by atoms with Crippen LogP contribution in [0.1, 0.15) is 22.7 Å². The lowest BCUT2D eigenvalue weighted by molar-refractivity contribution is -0.118. The zero-order chi connectivity index (χ0) is 21.5. The Kier molecular flexibility index (Phi) is 6.28. The maximum absolute atomic E-state index is 12.4. The SMILES string of the molecule is NC(=O)C(c1ccncc1)c1ccc(-c2ccccc2)nc1NCCc1ccccn1. The largest absolute Gasteiger partial charge is 0.369 e. The first-order chi connectivity index (χ1) is 15.2. The van der Waals surface area contributed by atoms with Crippen molar-refractivity contribution < 1.29 is 4.79 Å². The predicted octanol–water partition coefficient (Wildman–Crippen LogP) is 3.81. The average Bonchev–Trinajstić information content (AvgIpc) is 2.82. The molecular formula is C25H23N5O. The zero-order valence-electron chi connectivity index (χ0n) is 17.0. The van der Waals surface area contributed by atoms with Gasteiger partial charge in [0.15, 0.2) is 0 Å². The van der Waals surface area contributed by atoms with Gasteiger partial charge in [-0.25, -0.2) is 4.98 Å². The second-order valence-corrected chi connectivity index (χ2v) is 7.11. The van der Waals surface area contributed by atoms with E-state index in [0.29, 0.717) is 12.4 Å². The number of carbonyl (C=O) groups is 1. The van der Waals surface area contributed by atoms with Gasteiger partial charge in [0.05, 0.1) is 11.6 Å². The summed E-state index contributed by atoms with van der Waals surface area (Å²) in [6.07, 6.45) is 5.83. The topological polar surface area (TPSA) is 93.8 Å². The third kappa shape index (κ3) is 4.93. The number of amides is 1. The maximum atomic E-state index is 12.4. The van der Waals surface area contributed by atoms with Crippen molar-refractivity contribution in [3.63, 3.8) is 0 Å². The smallest absolute Gasteiger partial charge is 0.229 e. The van der Waals surface area contributed by atoms with E-state index in [0.717, 1.165) is 34.5 Å². The second kappa shape index (κ2) is 9.63. The summed E-state index contributed by atoms with van der Waals surface area (Å²) in [6.45, 7) is 0.622. The van der Waals surface area contributed by atoms with E-state index in [-0.39, 0.29) is 0 Å². The van der Waals surface area contributed by atoms with Crippen LogP contribution in [0.4, 0.5) is 5.82 Å². The van der Waals surface area contributed by atoms with Gasteiger partial charge in [-0.2, -0.15) is 0 Å². The number of carbonyl (C=O) groups excluding carboxylic acids is 1. The molecule has 0 fully saturated rings. The molecule has 4 aromatic rings. The van der Waals surface area contributed by atoms with Crippen LogP contribution in [-0.4, -0.2) is 27.4 Å². The fraction of sp³-hybridized carbons (Fsp3) is 0.120. The van der Waals surface area contributed by atoms with Crippen molar-refractivity contribution in [2.24, 2.45) is 5.73 Å². The summed E-state index contributed by atoms with van der Waals surface area (Å²) in [5, 5.41) is 3.40. The Labute approximate surface area is 181 Å². The van der Waals surface area contributed by atoms with Crippen LogP contribution in [0, 0.1) is 0 Å². The van der Waals surface area contributed by atoms with Crippen molar-refractivity contribution in [2.45, 2.75) is 12.3 Å². The third-order valence-corrected chi connectivity index (χ3v) is 5.03. The van der Waals surface area contributed by atoms with Crippen LogP contribution in [0.3, 0.4) is 0 Å². The van der Waals surface area contributed by atoms with E-state index in [9.17, 15) is 4.79 Å². The van der Waals surface area contributed by atoms with Gasteiger partial charge in [0.25, 0.3) is 0 Å². The Balaban J connectivity index is 1.69. The van der Waals surface area contributed by atoms with E-state index in [2.05, 4.69) is 15.3 Å². The molecule has 6 heteroatoms. The lowest BCUT2D eigenvalue weighted by Crippen LogP contribution is -2.24. The number of rotatable bonds is 8. The zero-order valence-corrected chi connectivity index (χ0v) is 17.0. The number of nitrogens with two attached hydrogens (primary N) is 1. The first-order valence-electron chi connectivity index (χ1n) is 10.1. The van der Waals surface area contributed by atoms with Crippen molar-refractivity contribution >= 4 is 11.7 Å². The van der Waals surface area contributed by atoms with Gasteiger partial charge in [0.1, 0.15) is 5.82 Å². The van der Waals surface area contributed by atoms with E-state index in [1.165, 1.54) is 0 Å². The molecule has 0 radical (unpaired) electrons. The number of aromatic nitrogens is 3. The summed E-state index contributed by atoms with van der Waals surface area (Å²) in [4.78, 5) is 25.7. The van der Waals surface area contributed by atoms with Crippen LogP contribution in [0.25, 0.3) is 11.3 Å². The minimum Gasteiger partial charge on any atom is -0.369 e. The number of hydrogen-bond donors (Lipinski definition) is 2. The fourth-order valence-corrected chi connectivity index (χ4v) is 3.52. The third-order valence-electron chi connectivity index (χ3n) is 5.03. The molecular weight excluding hydrogens is 386 g/mol. The summed E-state index contributed by atoms with van der Waals surface area (Å²) >= 11 is 0. The molecule has 0 saturated carbocycles. The van der Waals surface area contributed by atoms with Crippen LogP contribution in [0.15, 0.2) is 91.4 Å². The highest BCUT2D eigenvalue weighted by molar-refractivity contribution is 5.87. The summed E-state index contributed by atoms with van der Waals surface area (Å²) < 4.78 is 0. The summed E-state index contributed by atoms with van der Waals surface area (Å²) in [6, 6.07) is 23.2. The molecule has 154 valence electrons. The number of primary amides is 1. The van der Waals surface area contributed by atoms with E-state index >= 15 is 0 Å². The molecule has 1 unspecified atom stereocenters. The molecule has 4 rings (SSSR count). The number of nitrogens with zero attached hydrogens (tertiary/aromatic N) is 3. The van der Waals surface area contributed by atoms with Gasteiger partial charge in [0.2, 0.25) is 5.91 Å². The van der Waals surface area contributed by atoms with Gasteiger partial charge < -0.3 is 11.1 Å². The van der Waals surface area contributed by atoms with E-state index < -0.39 is 11.8 Å². The Hall–Kier alpha value is -4.06. The number of benzene rings is 1. The Morgan fingerprint density at radius 2 is 1.68 bits per heavy atom. The molecule has 6 nitrogen and oxygen atoms in total. The highest BCUT2D eigenvalue weighted by Gasteiger charge is 2.24. The van der Waals surface area contributed by atoms with Crippen LogP contribution in [-0.2, 0) is 11.2 Å². The second-order valence-electron chi connectivity index (χ2n) is 7.11. The van der Waals surface area contributed by atoms with Gasteiger partial charge in [-0.3, -0.25) is 14.8 Å². The standard InChI is InChI=1S/C25H23N5O/c26-24(31)23(19-11-15-27-16-12-19)21-9-10-22(18-6-2-1-3-7-18)30-25(21)29-17-13-20-8-4-5-14-28-20/h1-12,14-16,23H,13,17H2,(H2,26,31)(H,29,30). The predicted molar refractivity (Wildman–Crippen MR) is 121 cm³/mol. The number of nitrogens with one attached hydrogen (secondary N) is 1. The van der Waals surface area contributed by atoms with Gasteiger partial charge in [-0.05, 0) is 35.9 Å². The number of hydrogen-bond acceptors (Lipinski definition) is 5. The van der Waals surface area contributed by atoms with Crippen molar-refractivity contribution in [1.29, 1.82) is 0 Å². The van der Waals surface area contributed by atoms with E-state index in [1.54, 1.807) is 30.7 Å². The number of anilines is 1. The van der Waals surface area contributed by atoms with Crippen LogP contribution < -0.4 is 11.1 Å². The molecule has 31 heavy (non-hydrogen) atoms. The van der Waals surface area contributed by atoms with Crippen molar-refractivity contribution in [2.75, 3.05) is 11.9 Å². The molecule has 3 aromatic heterocycles. The molecule has 1 aromatic carbocycles. The molecule has 3 heterocycles. The molecule has 0 spiro atoms. The van der Waals surface area contributed by atoms with Gasteiger partial charge in [-0.1, -0.05) is 42.5 Å². The first-order valence-corrected chi connectivity index (χ1v) is 10.1. The monoisotopic (exact) mass is 409 g/mol. The van der Waals surface area contributed by atoms with Crippen LogP contribution >= 0.6 is 0 Å². The molecule has 1 amide bonds. The Bertz CT molecular complexity index is 1130. The first kappa shape index (κ1) is 20.2. The lowest BCUT2D eigenvalue weighted by atomic mass is 9.91. The minimum absolute atomic E-state index is 0.437. The maximum Gasteiger partial charge on any atom is 0.229 e. The quantitative estimate of drug-likeness (QED) is 0.462. The van der Waals surface area contributed by atoms with Crippen molar-refractivity contribution in [3.8, 4) is 11.3 Å². The highest BCUT2D eigenvalue weighted by Crippen LogP contribution is 2.31. The van der Waals surface area contributed by atoms with Crippen molar-refractivity contribution in [1.82, 2.24) is 15.0 Å². The normalized spacial score (nSPS) is 11.6. The van der Waals surface area contributed by atoms with Gasteiger partial charge >= 0.3 is 0 Å². The van der Waals surface area contributed by atoms with E-state index in [4.69, 9.17) is 10.7 Å². The van der Waals surface area contributed by atoms with Gasteiger partial charge in [-0.15, -0.1) is 0 Å². The van der Waals surface area contributed by atoms with Crippen LogP contribution in [0.2, 0.25) is 0 Å². The van der Waals surface area contributed by atoms with Crippen molar-refractivity contribution in [3.05, 3.63) is 108 Å². The molecule has 0 aliphatic rings. The molecule has 1 atom stereocenters. The number of pyridine rings is 3.